The summed E-state index contributed by atoms with van der Waals surface area (Å²) < 4.78 is 5.82. The minimum absolute atomic E-state index is 0.0114. The molecule has 2 amide bonds. The van der Waals surface area contributed by atoms with Crippen molar-refractivity contribution >= 4 is 11.8 Å². The molecular formula is C26H30N2O3. The zero-order valence-corrected chi connectivity index (χ0v) is 17.9. The van der Waals surface area contributed by atoms with E-state index in [1.165, 1.54) is 29.2 Å². The number of nitrogens with zero attached hydrogens (tertiary/aromatic N) is 1. The van der Waals surface area contributed by atoms with Gasteiger partial charge in [-0.2, -0.15) is 0 Å². The fourth-order valence-corrected chi connectivity index (χ4v) is 4.75. The summed E-state index contributed by atoms with van der Waals surface area (Å²) in [7, 11) is 0. The van der Waals surface area contributed by atoms with Crippen molar-refractivity contribution in [2.24, 2.45) is 0 Å². The third-order valence-corrected chi connectivity index (χ3v) is 6.68. The molecule has 0 spiro atoms. The molecule has 1 N–H and O–H groups in total. The Kier molecular flexibility index (Phi) is 6.40. The summed E-state index contributed by atoms with van der Waals surface area (Å²) in [4.78, 5) is 26.4. The maximum Gasteiger partial charge on any atom is 0.260 e. The van der Waals surface area contributed by atoms with Crippen molar-refractivity contribution in [2.75, 3.05) is 26.2 Å². The number of carbonyl (C=O) groups is 2. The zero-order valence-electron chi connectivity index (χ0n) is 17.9. The number of hydrogen-bond donors (Lipinski definition) is 1. The maximum atomic E-state index is 12.8. The van der Waals surface area contributed by atoms with E-state index in [4.69, 9.17) is 4.74 Å². The Balaban J connectivity index is 1.36. The summed E-state index contributed by atoms with van der Waals surface area (Å²) in [6.07, 6.45) is 6.31. The minimum Gasteiger partial charge on any atom is -0.484 e. The topological polar surface area (TPSA) is 58.6 Å². The predicted molar refractivity (Wildman–Crippen MR) is 121 cm³/mol. The summed E-state index contributed by atoms with van der Waals surface area (Å²) in [6, 6.07) is 16.4. The third-order valence-electron chi connectivity index (χ3n) is 6.68. The molecule has 5 heteroatoms. The van der Waals surface area contributed by atoms with Crippen LogP contribution in [0.4, 0.5) is 0 Å². The van der Waals surface area contributed by atoms with Crippen LogP contribution in [0.1, 0.15) is 36.0 Å². The van der Waals surface area contributed by atoms with E-state index >= 15 is 0 Å². The highest BCUT2D eigenvalue weighted by Crippen LogP contribution is 2.35. The number of likely N-dealkylation sites (tertiary alicyclic amines) is 1. The average molecular weight is 419 g/mol. The fourth-order valence-electron chi connectivity index (χ4n) is 4.75. The van der Waals surface area contributed by atoms with E-state index in [1.807, 2.05) is 29.2 Å². The van der Waals surface area contributed by atoms with E-state index < -0.39 is 0 Å². The van der Waals surface area contributed by atoms with Crippen LogP contribution < -0.4 is 10.1 Å². The molecule has 1 heterocycles. The minimum atomic E-state index is -0.183. The number of hydrogen-bond acceptors (Lipinski definition) is 3. The monoisotopic (exact) mass is 418 g/mol. The molecule has 1 aliphatic heterocycles. The van der Waals surface area contributed by atoms with E-state index in [-0.39, 0.29) is 23.8 Å². The average Bonchev–Trinajstić information content (AvgIpc) is 3.30. The Labute approximate surface area is 184 Å². The van der Waals surface area contributed by atoms with Gasteiger partial charge in [0.2, 0.25) is 5.91 Å². The van der Waals surface area contributed by atoms with Gasteiger partial charge < -0.3 is 15.0 Å². The number of aryl methyl sites for hydroxylation is 2. The molecular weight excluding hydrogens is 388 g/mol. The van der Waals surface area contributed by atoms with Gasteiger partial charge in [0.25, 0.3) is 5.91 Å². The van der Waals surface area contributed by atoms with Crippen molar-refractivity contribution in [1.29, 1.82) is 0 Å². The molecule has 0 radical (unpaired) electrons. The van der Waals surface area contributed by atoms with Crippen LogP contribution in [0.2, 0.25) is 0 Å². The van der Waals surface area contributed by atoms with Crippen molar-refractivity contribution < 1.29 is 14.3 Å². The lowest BCUT2D eigenvalue weighted by Gasteiger charge is -2.42. The first-order valence-corrected chi connectivity index (χ1v) is 11.1. The van der Waals surface area contributed by atoms with Crippen LogP contribution in [0.25, 0.3) is 0 Å². The molecule has 1 saturated heterocycles. The Bertz CT molecular complexity index is 946. The van der Waals surface area contributed by atoms with Gasteiger partial charge in [-0.15, -0.1) is 0 Å². The summed E-state index contributed by atoms with van der Waals surface area (Å²) in [5, 5.41) is 2.97. The standard InChI is InChI=1S/C26H30N2O3/c1-2-24(29)27-19-26(22-9-4-3-5-10-22)13-15-28(16-14-26)25(30)18-31-23-12-11-20-7-6-8-21(20)17-23/h2-5,9-12,17H,1,6-8,13-16,18-19H2,(H,27,29). The van der Waals surface area contributed by atoms with Crippen LogP contribution in [0.5, 0.6) is 5.75 Å². The van der Waals surface area contributed by atoms with E-state index in [1.54, 1.807) is 0 Å². The highest BCUT2D eigenvalue weighted by molar-refractivity contribution is 5.86. The number of nitrogens with one attached hydrogen (secondary N) is 1. The molecule has 0 saturated carbocycles. The fraction of sp³-hybridized carbons (Fsp3) is 0.385. The van der Waals surface area contributed by atoms with Gasteiger partial charge in [0, 0.05) is 25.0 Å². The lowest BCUT2D eigenvalue weighted by atomic mass is 9.72. The van der Waals surface area contributed by atoms with Gasteiger partial charge in [0.15, 0.2) is 6.61 Å². The number of piperidine rings is 1. The predicted octanol–water partition coefficient (Wildman–Crippen LogP) is 3.42. The Morgan fingerprint density at radius 1 is 1.06 bits per heavy atom. The van der Waals surface area contributed by atoms with Crippen molar-refractivity contribution in [3.63, 3.8) is 0 Å². The summed E-state index contributed by atoms with van der Waals surface area (Å²) in [5.74, 6) is 0.616. The van der Waals surface area contributed by atoms with Gasteiger partial charge in [0.1, 0.15) is 5.75 Å². The molecule has 31 heavy (non-hydrogen) atoms. The molecule has 0 unspecified atom stereocenters. The van der Waals surface area contributed by atoms with E-state index in [0.717, 1.165) is 31.4 Å². The Hall–Kier alpha value is -3.08. The second kappa shape index (κ2) is 9.38. The number of benzene rings is 2. The number of ether oxygens (including phenoxy) is 1. The smallest absolute Gasteiger partial charge is 0.260 e. The van der Waals surface area contributed by atoms with E-state index in [0.29, 0.717) is 19.6 Å². The van der Waals surface area contributed by atoms with E-state index in [2.05, 4.69) is 36.2 Å². The lowest BCUT2D eigenvalue weighted by molar-refractivity contribution is -0.135. The Morgan fingerprint density at radius 2 is 1.81 bits per heavy atom. The van der Waals surface area contributed by atoms with Crippen LogP contribution in [0.3, 0.4) is 0 Å². The summed E-state index contributed by atoms with van der Waals surface area (Å²) in [6.45, 7) is 5.43. The number of amides is 2. The molecule has 1 fully saturated rings. The van der Waals surface area contributed by atoms with Crippen LogP contribution in [-0.4, -0.2) is 43.0 Å². The van der Waals surface area contributed by atoms with Gasteiger partial charge in [-0.1, -0.05) is 43.0 Å². The number of fused-ring (bicyclic) bond motifs is 1. The first-order chi connectivity index (χ1) is 15.1. The van der Waals surface area contributed by atoms with Gasteiger partial charge >= 0.3 is 0 Å². The SMILES string of the molecule is C=CC(=O)NCC1(c2ccccc2)CCN(C(=O)COc2ccc3c(c2)CCC3)CC1. The van der Waals surface area contributed by atoms with Crippen molar-refractivity contribution in [1.82, 2.24) is 10.2 Å². The highest BCUT2D eigenvalue weighted by atomic mass is 16.5. The Morgan fingerprint density at radius 3 is 2.55 bits per heavy atom. The molecule has 0 bridgehead atoms. The second-order valence-electron chi connectivity index (χ2n) is 8.52. The number of rotatable bonds is 7. The molecule has 2 aromatic carbocycles. The van der Waals surface area contributed by atoms with Crippen LogP contribution in [0, 0.1) is 0 Å². The first kappa shape index (κ1) is 21.2. The molecule has 2 aromatic rings. The summed E-state index contributed by atoms with van der Waals surface area (Å²) >= 11 is 0. The van der Waals surface area contributed by atoms with Crippen LogP contribution >= 0.6 is 0 Å². The molecule has 2 aliphatic rings. The summed E-state index contributed by atoms with van der Waals surface area (Å²) in [5.41, 5.74) is 3.76. The maximum absolute atomic E-state index is 12.8. The van der Waals surface area contributed by atoms with Gasteiger partial charge in [-0.05, 0) is 67.0 Å². The molecule has 162 valence electrons. The number of carbonyl (C=O) groups excluding carboxylic acids is 2. The quantitative estimate of drug-likeness (QED) is 0.701. The molecule has 5 nitrogen and oxygen atoms in total. The van der Waals surface area contributed by atoms with Crippen LogP contribution in [0.15, 0.2) is 61.2 Å². The highest BCUT2D eigenvalue weighted by Gasteiger charge is 2.37. The molecule has 4 rings (SSSR count). The van der Waals surface area contributed by atoms with Crippen molar-refractivity contribution in [3.05, 3.63) is 77.9 Å². The van der Waals surface area contributed by atoms with E-state index in [9.17, 15) is 9.59 Å². The lowest BCUT2D eigenvalue weighted by Crippen LogP contribution is -2.51. The molecule has 0 aromatic heterocycles. The van der Waals surface area contributed by atoms with Crippen LogP contribution in [-0.2, 0) is 27.8 Å². The largest absolute Gasteiger partial charge is 0.484 e. The normalized spacial score (nSPS) is 17.0. The molecule has 0 atom stereocenters. The van der Waals surface area contributed by atoms with Crippen molar-refractivity contribution in [2.45, 2.75) is 37.5 Å². The molecule has 1 aliphatic carbocycles. The zero-order chi connectivity index (χ0) is 21.7. The van der Waals surface area contributed by atoms with Crippen molar-refractivity contribution in [3.8, 4) is 5.75 Å². The second-order valence-corrected chi connectivity index (χ2v) is 8.52. The first-order valence-electron chi connectivity index (χ1n) is 11.1. The van der Waals surface area contributed by atoms with Gasteiger partial charge in [-0.3, -0.25) is 9.59 Å². The van der Waals surface area contributed by atoms with Gasteiger partial charge in [0.05, 0.1) is 0 Å². The van der Waals surface area contributed by atoms with Gasteiger partial charge in [-0.25, -0.2) is 0 Å². The third kappa shape index (κ3) is 4.82.